The fourth-order valence-corrected chi connectivity index (χ4v) is 3.38. The number of para-hydroxylation sites is 1. The highest BCUT2D eigenvalue weighted by atomic mass is 16.2. The number of nitrogens with zero attached hydrogens (tertiary/aromatic N) is 4. The molecule has 8 nitrogen and oxygen atoms in total. The molecule has 8 heteroatoms. The highest BCUT2D eigenvalue weighted by molar-refractivity contribution is 6.04. The minimum Gasteiger partial charge on any atom is -0.331 e. The average molecular weight is 334 g/mol. The van der Waals surface area contributed by atoms with Crippen LogP contribution in [0.25, 0.3) is 16.6 Å². The summed E-state index contributed by atoms with van der Waals surface area (Å²) in [5, 5.41) is 10.7. The molecule has 0 bridgehead atoms. The van der Waals surface area contributed by atoms with Crippen molar-refractivity contribution in [2.45, 2.75) is 13.0 Å². The van der Waals surface area contributed by atoms with Gasteiger partial charge in [0.25, 0.3) is 11.5 Å². The van der Waals surface area contributed by atoms with Crippen molar-refractivity contribution in [1.29, 1.82) is 0 Å². The van der Waals surface area contributed by atoms with E-state index in [4.69, 9.17) is 0 Å². The van der Waals surface area contributed by atoms with Crippen LogP contribution in [0.15, 0.2) is 41.3 Å². The summed E-state index contributed by atoms with van der Waals surface area (Å²) in [5.41, 5.74) is 3.01. The van der Waals surface area contributed by atoms with E-state index >= 15 is 0 Å². The number of aromatic nitrogens is 5. The highest BCUT2D eigenvalue weighted by Gasteiger charge is 2.27. The van der Waals surface area contributed by atoms with Crippen LogP contribution >= 0.6 is 0 Å². The summed E-state index contributed by atoms with van der Waals surface area (Å²) in [6, 6.07) is 9.27. The number of nitrogens with one attached hydrogen (secondary N) is 2. The first kappa shape index (κ1) is 14.0. The summed E-state index contributed by atoms with van der Waals surface area (Å²) in [6.07, 6.45) is 2.16. The first-order valence-electron chi connectivity index (χ1n) is 8.02. The maximum absolute atomic E-state index is 12.9. The van der Waals surface area contributed by atoms with Gasteiger partial charge < -0.3 is 4.90 Å². The van der Waals surface area contributed by atoms with Crippen molar-refractivity contribution in [3.63, 3.8) is 0 Å². The molecule has 0 fully saturated rings. The summed E-state index contributed by atoms with van der Waals surface area (Å²) in [5.74, 6) is -0.154. The van der Waals surface area contributed by atoms with E-state index in [0.29, 0.717) is 42.1 Å². The standard InChI is InChI=1S/C17H14N6O2/c24-16-11-6-8-22(9-13(11)19-14-5-7-18-23(14)16)17(25)15-10-3-1-2-4-12(10)20-21-15/h1-5,7,18H,6,8-9H2,(H,20,21). The Morgan fingerprint density at radius 1 is 1.20 bits per heavy atom. The van der Waals surface area contributed by atoms with E-state index in [9.17, 15) is 9.59 Å². The third-order valence-electron chi connectivity index (χ3n) is 4.66. The van der Waals surface area contributed by atoms with Crippen LogP contribution < -0.4 is 5.56 Å². The molecular formula is C17H14N6O2. The Labute approximate surface area is 141 Å². The molecule has 0 atom stereocenters. The molecule has 124 valence electrons. The van der Waals surface area contributed by atoms with Crippen LogP contribution in [0.5, 0.6) is 0 Å². The zero-order valence-corrected chi connectivity index (χ0v) is 13.2. The fourth-order valence-electron chi connectivity index (χ4n) is 3.38. The van der Waals surface area contributed by atoms with Gasteiger partial charge in [-0.25, -0.2) is 9.50 Å². The van der Waals surface area contributed by atoms with E-state index in [-0.39, 0.29) is 11.5 Å². The molecule has 3 aromatic heterocycles. The second-order valence-electron chi connectivity index (χ2n) is 6.09. The SMILES string of the molecule is O=C(c1n[nH]c2ccccc12)N1CCc2c(nc3cc[nH]n3c2=O)C1. The molecule has 5 rings (SSSR count). The van der Waals surface area contributed by atoms with Crippen molar-refractivity contribution in [2.75, 3.05) is 6.54 Å². The molecule has 0 aliphatic carbocycles. The van der Waals surface area contributed by atoms with Gasteiger partial charge in [-0.1, -0.05) is 18.2 Å². The number of hydrogen-bond donors (Lipinski definition) is 2. The van der Waals surface area contributed by atoms with E-state index in [1.165, 1.54) is 4.52 Å². The first-order chi connectivity index (χ1) is 12.2. The topological polar surface area (TPSA) is 99.2 Å². The van der Waals surface area contributed by atoms with E-state index in [1.54, 1.807) is 17.2 Å². The fraction of sp³-hybridized carbons (Fsp3) is 0.176. The molecule has 1 aromatic carbocycles. The van der Waals surface area contributed by atoms with Gasteiger partial charge in [0.2, 0.25) is 0 Å². The van der Waals surface area contributed by atoms with Gasteiger partial charge >= 0.3 is 0 Å². The number of rotatable bonds is 1. The van der Waals surface area contributed by atoms with Crippen LogP contribution in [0.1, 0.15) is 21.7 Å². The van der Waals surface area contributed by atoms with Crippen LogP contribution in [0, 0.1) is 0 Å². The van der Waals surface area contributed by atoms with Crippen molar-refractivity contribution in [3.8, 4) is 0 Å². The Morgan fingerprint density at radius 3 is 3.00 bits per heavy atom. The molecule has 0 radical (unpaired) electrons. The molecular weight excluding hydrogens is 320 g/mol. The minimum absolute atomic E-state index is 0.0951. The second-order valence-corrected chi connectivity index (χ2v) is 6.09. The quantitative estimate of drug-likeness (QED) is 0.544. The molecule has 1 aliphatic heterocycles. The lowest BCUT2D eigenvalue weighted by Gasteiger charge is -2.27. The number of aromatic amines is 2. The van der Waals surface area contributed by atoms with E-state index in [0.717, 1.165) is 10.9 Å². The number of carbonyl (C=O) groups excluding carboxylic acids is 1. The smallest absolute Gasteiger partial charge is 0.276 e. The monoisotopic (exact) mass is 334 g/mol. The molecule has 4 aromatic rings. The maximum atomic E-state index is 12.9. The number of amides is 1. The van der Waals surface area contributed by atoms with E-state index in [2.05, 4.69) is 20.3 Å². The van der Waals surface area contributed by atoms with Crippen molar-refractivity contribution < 1.29 is 4.79 Å². The number of H-pyrrole nitrogens is 2. The third kappa shape index (κ3) is 2.00. The van der Waals surface area contributed by atoms with Gasteiger partial charge in [-0.2, -0.15) is 5.10 Å². The van der Waals surface area contributed by atoms with E-state index < -0.39 is 0 Å². The summed E-state index contributed by atoms with van der Waals surface area (Å²) in [6.45, 7) is 0.781. The van der Waals surface area contributed by atoms with Gasteiger partial charge in [-0.15, -0.1) is 0 Å². The molecule has 0 unspecified atom stereocenters. The molecule has 25 heavy (non-hydrogen) atoms. The van der Waals surface area contributed by atoms with Gasteiger partial charge in [0, 0.05) is 29.8 Å². The molecule has 0 spiro atoms. The highest BCUT2D eigenvalue weighted by Crippen LogP contribution is 2.21. The largest absolute Gasteiger partial charge is 0.331 e. The molecule has 0 saturated carbocycles. The van der Waals surface area contributed by atoms with Crippen molar-refractivity contribution in [3.05, 3.63) is 63.8 Å². The van der Waals surface area contributed by atoms with Crippen LogP contribution in [0.3, 0.4) is 0 Å². The van der Waals surface area contributed by atoms with Crippen LogP contribution in [-0.4, -0.2) is 42.1 Å². The number of carbonyl (C=O) groups is 1. The predicted molar refractivity (Wildman–Crippen MR) is 90.4 cm³/mol. The predicted octanol–water partition coefficient (Wildman–Crippen LogP) is 1.10. The lowest BCUT2D eigenvalue weighted by atomic mass is 10.1. The van der Waals surface area contributed by atoms with Crippen LogP contribution in [-0.2, 0) is 13.0 Å². The molecule has 2 N–H and O–H groups in total. The zero-order chi connectivity index (χ0) is 17.0. The molecule has 4 heterocycles. The number of fused-ring (bicyclic) bond motifs is 3. The Hall–Kier alpha value is -3.42. The van der Waals surface area contributed by atoms with Gasteiger partial charge in [0.05, 0.1) is 17.8 Å². The summed E-state index contributed by atoms with van der Waals surface area (Å²) < 4.78 is 1.43. The third-order valence-corrected chi connectivity index (χ3v) is 4.66. The lowest BCUT2D eigenvalue weighted by molar-refractivity contribution is 0.0727. The normalized spacial score (nSPS) is 14.2. The average Bonchev–Trinajstić information content (AvgIpc) is 3.27. The second kappa shape index (κ2) is 5.04. The zero-order valence-electron chi connectivity index (χ0n) is 13.2. The Balaban J connectivity index is 1.54. The summed E-state index contributed by atoms with van der Waals surface area (Å²) in [7, 11) is 0. The number of hydrogen-bond acceptors (Lipinski definition) is 4. The first-order valence-corrected chi connectivity index (χ1v) is 8.02. The van der Waals surface area contributed by atoms with Gasteiger partial charge in [0.15, 0.2) is 11.3 Å². The maximum Gasteiger partial charge on any atom is 0.276 e. The minimum atomic E-state index is -0.154. The van der Waals surface area contributed by atoms with Gasteiger partial charge in [-0.05, 0) is 12.5 Å². The van der Waals surface area contributed by atoms with Gasteiger partial charge in [-0.3, -0.25) is 19.8 Å². The Kier molecular flexibility index (Phi) is 2.81. The molecule has 1 aliphatic rings. The van der Waals surface area contributed by atoms with E-state index in [1.807, 2.05) is 24.3 Å². The van der Waals surface area contributed by atoms with Crippen LogP contribution in [0.4, 0.5) is 0 Å². The number of benzene rings is 1. The lowest BCUT2D eigenvalue weighted by Crippen LogP contribution is -2.40. The van der Waals surface area contributed by atoms with Crippen LogP contribution in [0.2, 0.25) is 0 Å². The Morgan fingerprint density at radius 2 is 2.08 bits per heavy atom. The van der Waals surface area contributed by atoms with Gasteiger partial charge in [0.1, 0.15) is 0 Å². The Bertz CT molecular complexity index is 1180. The summed E-state index contributed by atoms with van der Waals surface area (Å²) >= 11 is 0. The molecule has 0 saturated heterocycles. The van der Waals surface area contributed by atoms with Crippen molar-refractivity contribution in [1.82, 2.24) is 29.7 Å². The summed E-state index contributed by atoms with van der Waals surface area (Å²) in [4.78, 5) is 31.6. The van der Waals surface area contributed by atoms with Crippen molar-refractivity contribution >= 4 is 22.5 Å². The molecule has 1 amide bonds. The van der Waals surface area contributed by atoms with Crippen molar-refractivity contribution in [2.24, 2.45) is 0 Å².